The van der Waals surface area contributed by atoms with Crippen LogP contribution >= 0.6 is 0 Å². The molecule has 1 N–H and O–H groups in total. The van der Waals surface area contributed by atoms with E-state index in [4.69, 9.17) is 0 Å². The van der Waals surface area contributed by atoms with Gasteiger partial charge in [-0.2, -0.15) is 10.1 Å². The predicted molar refractivity (Wildman–Crippen MR) is 93.5 cm³/mol. The molecule has 0 spiro atoms. The van der Waals surface area contributed by atoms with Crippen LogP contribution in [0.5, 0.6) is 0 Å². The predicted octanol–water partition coefficient (Wildman–Crippen LogP) is 4.00. The molecule has 116 valence electrons. The molecule has 2 aromatic carbocycles. The molecule has 1 heterocycles. The van der Waals surface area contributed by atoms with E-state index in [2.05, 4.69) is 52.5 Å². The third kappa shape index (κ3) is 3.45. The minimum absolute atomic E-state index is 0.485. The molecule has 0 amide bonds. The highest BCUT2D eigenvalue weighted by Crippen LogP contribution is 2.23. The molecule has 5 nitrogen and oxygen atoms in total. The van der Waals surface area contributed by atoms with Crippen molar-refractivity contribution >= 4 is 23.1 Å². The van der Waals surface area contributed by atoms with Crippen molar-refractivity contribution < 1.29 is 0 Å². The Morgan fingerprint density at radius 1 is 1.00 bits per heavy atom. The zero-order valence-corrected chi connectivity index (χ0v) is 13.5. The molecule has 3 aromatic rings. The van der Waals surface area contributed by atoms with E-state index in [0.717, 1.165) is 22.8 Å². The smallest absolute Gasteiger partial charge is 0.249 e. The van der Waals surface area contributed by atoms with Gasteiger partial charge in [-0.3, -0.25) is 0 Å². The van der Waals surface area contributed by atoms with Crippen molar-refractivity contribution in [3.63, 3.8) is 0 Å². The Morgan fingerprint density at radius 2 is 1.78 bits per heavy atom. The van der Waals surface area contributed by atoms with Crippen LogP contribution in [0.4, 0.5) is 23.1 Å². The lowest BCUT2D eigenvalue weighted by atomic mass is 10.1. The lowest BCUT2D eigenvalue weighted by Crippen LogP contribution is -2.13. The van der Waals surface area contributed by atoms with Gasteiger partial charge in [0, 0.05) is 18.4 Å². The van der Waals surface area contributed by atoms with Crippen LogP contribution < -0.4 is 10.2 Å². The molecule has 3 rings (SSSR count). The molecule has 5 heteroatoms. The van der Waals surface area contributed by atoms with E-state index in [-0.39, 0.29) is 0 Å². The SMILES string of the molecule is Cc1ccc(C)c(Nc2nncc(N(C)c3ccccc3)n2)c1. The van der Waals surface area contributed by atoms with Crippen LogP contribution in [0, 0.1) is 13.8 Å². The number of nitrogens with zero attached hydrogens (tertiary/aromatic N) is 4. The molecule has 0 radical (unpaired) electrons. The van der Waals surface area contributed by atoms with Crippen LogP contribution in [0.1, 0.15) is 11.1 Å². The zero-order chi connectivity index (χ0) is 16.2. The molecule has 23 heavy (non-hydrogen) atoms. The minimum atomic E-state index is 0.485. The summed E-state index contributed by atoms with van der Waals surface area (Å²) in [6, 6.07) is 16.3. The molecule has 0 aliphatic heterocycles. The van der Waals surface area contributed by atoms with Crippen molar-refractivity contribution in [3.8, 4) is 0 Å². The largest absolute Gasteiger partial charge is 0.328 e. The van der Waals surface area contributed by atoms with Crippen molar-refractivity contribution in [2.75, 3.05) is 17.3 Å². The first-order chi connectivity index (χ1) is 11.1. The standard InChI is InChI=1S/C18H19N5/c1-13-9-10-14(2)16(11-13)20-18-21-17(12-19-22-18)23(3)15-7-5-4-6-8-15/h4-12H,1-3H3,(H,20,21,22). The topological polar surface area (TPSA) is 53.9 Å². The van der Waals surface area contributed by atoms with Crippen molar-refractivity contribution in [2.24, 2.45) is 0 Å². The second-order valence-electron chi connectivity index (χ2n) is 5.48. The average Bonchev–Trinajstić information content (AvgIpc) is 2.58. The van der Waals surface area contributed by atoms with Gasteiger partial charge < -0.3 is 10.2 Å². The number of anilines is 4. The van der Waals surface area contributed by atoms with Crippen LogP contribution in [0.25, 0.3) is 0 Å². The summed E-state index contributed by atoms with van der Waals surface area (Å²) in [4.78, 5) is 6.53. The van der Waals surface area contributed by atoms with Gasteiger partial charge in [-0.25, -0.2) is 0 Å². The van der Waals surface area contributed by atoms with Crippen LogP contribution in [-0.2, 0) is 0 Å². The summed E-state index contributed by atoms with van der Waals surface area (Å²) in [6.07, 6.45) is 1.65. The first-order valence-electron chi connectivity index (χ1n) is 7.46. The summed E-state index contributed by atoms with van der Waals surface area (Å²) in [5.74, 6) is 1.22. The maximum atomic E-state index is 4.56. The first kappa shape index (κ1) is 15.0. The third-order valence-electron chi connectivity index (χ3n) is 3.67. The second-order valence-corrected chi connectivity index (χ2v) is 5.48. The fourth-order valence-electron chi connectivity index (χ4n) is 2.28. The quantitative estimate of drug-likeness (QED) is 0.789. The Bertz CT molecular complexity index is 802. The highest BCUT2D eigenvalue weighted by molar-refractivity contribution is 5.62. The van der Waals surface area contributed by atoms with E-state index in [0.29, 0.717) is 5.95 Å². The Morgan fingerprint density at radius 3 is 2.57 bits per heavy atom. The van der Waals surface area contributed by atoms with Crippen molar-refractivity contribution in [3.05, 3.63) is 65.9 Å². The number of aryl methyl sites for hydroxylation is 2. The number of aromatic nitrogens is 3. The van der Waals surface area contributed by atoms with Gasteiger partial charge in [0.05, 0.1) is 6.20 Å². The molecule has 0 unspecified atom stereocenters. The second kappa shape index (κ2) is 6.44. The van der Waals surface area contributed by atoms with E-state index in [1.54, 1.807) is 6.20 Å². The average molecular weight is 305 g/mol. The Hall–Kier alpha value is -2.95. The summed E-state index contributed by atoms with van der Waals surface area (Å²) in [6.45, 7) is 4.11. The molecule has 0 aliphatic rings. The Kier molecular flexibility index (Phi) is 4.19. The van der Waals surface area contributed by atoms with Crippen molar-refractivity contribution in [1.29, 1.82) is 0 Å². The van der Waals surface area contributed by atoms with E-state index in [9.17, 15) is 0 Å². The molecule has 0 aliphatic carbocycles. The van der Waals surface area contributed by atoms with Gasteiger partial charge in [-0.05, 0) is 43.2 Å². The van der Waals surface area contributed by atoms with Crippen molar-refractivity contribution in [1.82, 2.24) is 15.2 Å². The fraction of sp³-hybridized carbons (Fsp3) is 0.167. The monoisotopic (exact) mass is 305 g/mol. The molecule has 1 aromatic heterocycles. The van der Waals surface area contributed by atoms with E-state index in [1.807, 2.05) is 42.3 Å². The van der Waals surface area contributed by atoms with E-state index in [1.165, 1.54) is 5.56 Å². The summed E-state index contributed by atoms with van der Waals surface area (Å²) in [5, 5.41) is 11.4. The van der Waals surface area contributed by atoms with Gasteiger partial charge in [0.25, 0.3) is 0 Å². The number of benzene rings is 2. The lowest BCUT2D eigenvalue weighted by Gasteiger charge is -2.18. The fourth-order valence-corrected chi connectivity index (χ4v) is 2.28. The molecule has 0 saturated heterocycles. The summed E-state index contributed by atoms with van der Waals surface area (Å²) in [7, 11) is 1.96. The van der Waals surface area contributed by atoms with Gasteiger partial charge in [0.15, 0.2) is 5.82 Å². The van der Waals surface area contributed by atoms with Gasteiger partial charge >= 0.3 is 0 Å². The molecule has 0 saturated carbocycles. The maximum Gasteiger partial charge on any atom is 0.249 e. The van der Waals surface area contributed by atoms with Gasteiger partial charge in [-0.1, -0.05) is 30.3 Å². The van der Waals surface area contributed by atoms with Crippen LogP contribution in [0.3, 0.4) is 0 Å². The molecule has 0 fully saturated rings. The normalized spacial score (nSPS) is 10.4. The lowest BCUT2D eigenvalue weighted by molar-refractivity contribution is 0.956. The Labute approximate surface area is 136 Å². The summed E-state index contributed by atoms with van der Waals surface area (Å²) in [5.41, 5.74) is 4.36. The van der Waals surface area contributed by atoms with Crippen LogP contribution in [0.2, 0.25) is 0 Å². The van der Waals surface area contributed by atoms with E-state index < -0.39 is 0 Å². The molecular formula is C18H19N5. The summed E-state index contributed by atoms with van der Waals surface area (Å²) >= 11 is 0. The highest BCUT2D eigenvalue weighted by atomic mass is 15.3. The Balaban J connectivity index is 1.87. The molecule has 0 atom stereocenters. The number of rotatable bonds is 4. The van der Waals surface area contributed by atoms with Gasteiger partial charge in [0.2, 0.25) is 5.95 Å². The summed E-state index contributed by atoms with van der Waals surface area (Å²) < 4.78 is 0. The maximum absolute atomic E-state index is 4.56. The number of hydrogen-bond donors (Lipinski definition) is 1. The number of para-hydroxylation sites is 1. The van der Waals surface area contributed by atoms with Crippen molar-refractivity contribution in [2.45, 2.75) is 13.8 Å². The van der Waals surface area contributed by atoms with Gasteiger partial charge in [0.1, 0.15) is 0 Å². The minimum Gasteiger partial charge on any atom is -0.328 e. The highest BCUT2D eigenvalue weighted by Gasteiger charge is 2.08. The zero-order valence-electron chi connectivity index (χ0n) is 13.5. The number of hydrogen-bond acceptors (Lipinski definition) is 5. The molecular weight excluding hydrogens is 286 g/mol. The number of nitrogens with one attached hydrogen (secondary N) is 1. The molecule has 0 bridgehead atoms. The first-order valence-corrected chi connectivity index (χ1v) is 7.46. The van der Waals surface area contributed by atoms with Crippen LogP contribution in [0.15, 0.2) is 54.7 Å². The van der Waals surface area contributed by atoms with Gasteiger partial charge in [-0.15, -0.1) is 5.10 Å². The third-order valence-corrected chi connectivity index (χ3v) is 3.67. The van der Waals surface area contributed by atoms with Crippen LogP contribution in [-0.4, -0.2) is 22.2 Å². The van der Waals surface area contributed by atoms with E-state index >= 15 is 0 Å².